The van der Waals surface area contributed by atoms with Crippen LogP contribution >= 0.6 is 0 Å². The molecule has 1 N–H and O–H groups in total. The number of amides is 1. The van der Waals surface area contributed by atoms with E-state index in [1.165, 1.54) is 16.3 Å². The average Bonchev–Trinajstić information content (AvgIpc) is 2.73. The highest BCUT2D eigenvalue weighted by Crippen LogP contribution is 2.27. The first-order valence-corrected chi connectivity index (χ1v) is 9.55. The summed E-state index contributed by atoms with van der Waals surface area (Å²) in [5, 5.41) is 7.65. The normalized spacial score (nSPS) is 12.4. The molecule has 0 heterocycles. The van der Waals surface area contributed by atoms with Crippen molar-refractivity contribution >= 4 is 27.5 Å². The highest BCUT2D eigenvalue weighted by molar-refractivity contribution is 6.07. The van der Waals surface area contributed by atoms with Gasteiger partial charge in [-0.3, -0.25) is 4.79 Å². The summed E-state index contributed by atoms with van der Waals surface area (Å²) >= 11 is 0. The molecule has 0 aliphatic rings. The van der Waals surface area contributed by atoms with E-state index in [0.717, 1.165) is 10.8 Å². The fourth-order valence-corrected chi connectivity index (χ4v) is 3.82. The lowest BCUT2D eigenvalue weighted by atomic mass is 9.97. The molecule has 0 saturated heterocycles. The van der Waals surface area contributed by atoms with Crippen LogP contribution < -0.4 is 5.32 Å². The minimum absolute atomic E-state index is 0.0381. The molecule has 0 radical (unpaired) electrons. The van der Waals surface area contributed by atoms with Crippen LogP contribution in [0.5, 0.6) is 0 Å². The Kier molecular flexibility index (Phi) is 5.09. The topological polar surface area (TPSA) is 32.3 Å². The number of rotatable bonds is 5. The van der Waals surface area contributed by atoms with Crippen molar-refractivity contribution in [1.29, 1.82) is 0 Å². The minimum atomic E-state index is -0.0381. The summed E-state index contributed by atoms with van der Waals surface area (Å²) in [6.07, 6.45) is 0. The third-order valence-electron chi connectivity index (χ3n) is 5.30. The molecule has 0 saturated carbocycles. The van der Waals surface area contributed by atoms with Crippen molar-refractivity contribution in [2.75, 3.05) is 20.6 Å². The lowest BCUT2D eigenvalue weighted by Crippen LogP contribution is -2.34. The summed E-state index contributed by atoms with van der Waals surface area (Å²) in [6.45, 7) is 0.545. The van der Waals surface area contributed by atoms with Gasteiger partial charge in [0.25, 0.3) is 5.91 Å². The Morgan fingerprint density at radius 1 is 0.786 bits per heavy atom. The van der Waals surface area contributed by atoms with E-state index in [9.17, 15) is 4.79 Å². The molecule has 1 atom stereocenters. The van der Waals surface area contributed by atoms with Gasteiger partial charge in [-0.25, -0.2) is 0 Å². The second-order valence-electron chi connectivity index (χ2n) is 7.28. The van der Waals surface area contributed by atoms with Crippen LogP contribution in [0.15, 0.2) is 84.9 Å². The first kappa shape index (κ1) is 18.2. The van der Waals surface area contributed by atoms with Gasteiger partial charge in [0.15, 0.2) is 0 Å². The summed E-state index contributed by atoms with van der Waals surface area (Å²) in [5.74, 6) is -0.0381. The third kappa shape index (κ3) is 3.49. The molecule has 4 aromatic carbocycles. The van der Waals surface area contributed by atoms with Crippen LogP contribution in [-0.2, 0) is 0 Å². The van der Waals surface area contributed by atoms with Gasteiger partial charge >= 0.3 is 0 Å². The van der Waals surface area contributed by atoms with E-state index < -0.39 is 0 Å². The van der Waals surface area contributed by atoms with Gasteiger partial charge in [0, 0.05) is 12.1 Å². The lowest BCUT2D eigenvalue weighted by Gasteiger charge is -2.26. The number of hydrogen-bond acceptors (Lipinski definition) is 2. The van der Waals surface area contributed by atoms with Crippen LogP contribution in [-0.4, -0.2) is 31.4 Å². The molecule has 28 heavy (non-hydrogen) atoms. The molecule has 4 rings (SSSR count). The molecular formula is C25H24N2O. The first-order valence-electron chi connectivity index (χ1n) is 9.55. The van der Waals surface area contributed by atoms with Crippen LogP contribution in [0.25, 0.3) is 21.5 Å². The van der Waals surface area contributed by atoms with Crippen LogP contribution in [0, 0.1) is 0 Å². The first-order chi connectivity index (χ1) is 13.6. The van der Waals surface area contributed by atoms with Crippen molar-refractivity contribution in [3.8, 4) is 0 Å². The monoisotopic (exact) mass is 368 g/mol. The molecule has 140 valence electrons. The average molecular weight is 368 g/mol. The number of hydrogen-bond donors (Lipinski definition) is 1. The highest BCUT2D eigenvalue weighted by Gasteiger charge is 2.18. The second kappa shape index (κ2) is 7.83. The fraction of sp³-hybridized carbons (Fsp3) is 0.160. The zero-order chi connectivity index (χ0) is 19.5. The maximum absolute atomic E-state index is 13.0. The van der Waals surface area contributed by atoms with E-state index >= 15 is 0 Å². The van der Waals surface area contributed by atoms with Gasteiger partial charge in [-0.15, -0.1) is 0 Å². The van der Waals surface area contributed by atoms with E-state index in [1.54, 1.807) is 0 Å². The summed E-state index contributed by atoms with van der Waals surface area (Å²) in [7, 11) is 4.10. The number of carbonyl (C=O) groups excluding carboxylic acids is 1. The fourth-order valence-electron chi connectivity index (χ4n) is 3.82. The Morgan fingerprint density at radius 3 is 2.07 bits per heavy atom. The Hall–Kier alpha value is -3.17. The van der Waals surface area contributed by atoms with Crippen molar-refractivity contribution in [2.45, 2.75) is 6.04 Å². The quantitative estimate of drug-likeness (QED) is 0.536. The zero-order valence-corrected chi connectivity index (χ0v) is 16.2. The Balaban J connectivity index is 1.62. The van der Waals surface area contributed by atoms with Gasteiger partial charge in [0.1, 0.15) is 0 Å². The minimum Gasteiger partial charge on any atom is -0.350 e. The van der Waals surface area contributed by atoms with Crippen LogP contribution in [0.3, 0.4) is 0 Å². The second-order valence-corrected chi connectivity index (χ2v) is 7.28. The van der Waals surface area contributed by atoms with Gasteiger partial charge < -0.3 is 10.2 Å². The molecule has 0 aliphatic carbocycles. The molecule has 0 aromatic heterocycles. The summed E-state index contributed by atoms with van der Waals surface area (Å²) in [5.41, 5.74) is 1.94. The van der Waals surface area contributed by atoms with Crippen LogP contribution in [0.4, 0.5) is 0 Å². The van der Waals surface area contributed by atoms with Gasteiger partial charge in [-0.2, -0.15) is 0 Å². The molecule has 0 fully saturated rings. The van der Waals surface area contributed by atoms with E-state index in [4.69, 9.17) is 0 Å². The summed E-state index contributed by atoms with van der Waals surface area (Å²) in [6, 6.07) is 28.7. The van der Waals surface area contributed by atoms with Crippen molar-refractivity contribution in [3.63, 3.8) is 0 Å². The van der Waals surface area contributed by atoms with Crippen molar-refractivity contribution in [1.82, 2.24) is 10.2 Å². The smallest absolute Gasteiger partial charge is 0.251 e. The molecule has 4 aromatic rings. The number of likely N-dealkylation sites (N-methyl/N-ethyl adjacent to an activating group) is 1. The zero-order valence-electron chi connectivity index (χ0n) is 16.2. The molecular weight excluding hydrogens is 344 g/mol. The number of nitrogens with zero attached hydrogens (tertiary/aromatic N) is 1. The maximum Gasteiger partial charge on any atom is 0.251 e. The van der Waals surface area contributed by atoms with E-state index in [1.807, 2.05) is 42.5 Å². The predicted octanol–water partition coefficient (Wildman–Crippen LogP) is 5.03. The van der Waals surface area contributed by atoms with Crippen LogP contribution in [0.2, 0.25) is 0 Å². The van der Waals surface area contributed by atoms with Crippen molar-refractivity contribution in [2.24, 2.45) is 0 Å². The standard InChI is InChI=1S/C25H24N2O/c1-27(2)24(22-15-7-11-18-9-3-5-13-20(18)22)17-26-25(28)23-16-8-12-19-10-4-6-14-21(19)23/h3-16,24H,17H2,1-2H3,(H,26,28)/t24-/m1/s1. The number of carbonyl (C=O) groups is 1. The predicted molar refractivity (Wildman–Crippen MR) is 117 cm³/mol. The highest BCUT2D eigenvalue weighted by atomic mass is 16.1. The van der Waals surface area contributed by atoms with Gasteiger partial charge in [0.2, 0.25) is 0 Å². The number of benzene rings is 4. The Labute approximate surface area is 165 Å². The van der Waals surface area contributed by atoms with Crippen molar-refractivity contribution < 1.29 is 4.79 Å². The van der Waals surface area contributed by atoms with Crippen LogP contribution in [0.1, 0.15) is 22.0 Å². The molecule has 1 amide bonds. The third-order valence-corrected chi connectivity index (χ3v) is 5.30. The number of fused-ring (bicyclic) bond motifs is 2. The Morgan fingerprint density at radius 2 is 1.36 bits per heavy atom. The summed E-state index contributed by atoms with van der Waals surface area (Å²) < 4.78 is 0. The van der Waals surface area contributed by atoms with Gasteiger partial charge in [-0.05, 0) is 47.3 Å². The largest absolute Gasteiger partial charge is 0.350 e. The molecule has 0 aliphatic heterocycles. The summed E-state index contributed by atoms with van der Waals surface area (Å²) in [4.78, 5) is 15.1. The SMILES string of the molecule is CN(C)[C@H](CNC(=O)c1cccc2ccccc12)c1cccc2ccccc12. The van der Waals surface area contributed by atoms with Gasteiger partial charge in [0.05, 0.1) is 6.04 Å². The van der Waals surface area contributed by atoms with Gasteiger partial charge in [-0.1, -0.05) is 78.9 Å². The molecule has 0 bridgehead atoms. The molecule has 3 nitrogen and oxygen atoms in total. The van der Waals surface area contributed by atoms with E-state index in [2.05, 4.69) is 66.8 Å². The van der Waals surface area contributed by atoms with Crippen molar-refractivity contribution in [3.05, 3.63) is 96.1 Å². The molecule has 0 spiro atoms. The Bertz CT molecular complexity index is 1120. The van der Waals surface area contributed by atoms with E-state index in [0.29, 0.717) is 12.1 Å². The number of nitrogens with one attached hydrogen (secondary N) is 1. The lowest BCUT2D eigenvalue weighted by molar-refractivity contribution is 0.0943. The molecule has 3 heteroatoms. The van der Waals surface area contributed by atoms with E-state index in [-0.39, 0.29) is 11.9 Å². The molecule has 0 unspecified atom stereocenters. The maximum atomic E-state index is 13.0.